The van der Waals surface area contributed by atoms with Crippen LogP contribution in [0.2, 0.25) is 0 Å². The number of nitrogens with zero attached hydrogens (tertiary/aromatic N) is 1. The van der Waals surface area contributed by atoms with Gasteiger partial charge in [-0.15, -0.1) is 12.3 Å². The molecule has 0 radical (unpaired) electrons. The van der Waals surface area contributed by atoms with Crippen molar-refractivity contribution >= 4 is 0 Å². The quantitative estimate of drug-likeness (QED) is 0.316. The molecule has 0 aliphatic rings. The Labute approximate surface area is 97.4 Å². The summed E-state index contributed by atoms with van der Waals surface area (Å²) >= 11 is 0. The molecule has 1 rings (SSSR count). The molecule has 0 spiro atoms. The van der Waals surface area contributed by atoms with Gasteiger partial charge in [0, 0.05) is 24.9 Å². The molecule has 0 amide bonds. The Morgan fingerprint density at radius 2 is 2.38 bits per heavy atom. The number of hydrazine groups is 1. The Morgan fingerprint density at radius 1 is 1.50 bits per heavy atom. The van der Waals surface area contributed by atoms with Crippen LogP contribution >= 0.6 is 0 Å². The first-order valence-electron chi connectivity index (χ1n) is 5.65. The van der Waals surface area contributed by atoms with Crippen molar-refractivity contribution in [2.45, 2.75) is 38.1 Å². The maximum atomic E-state index is 5.50. The molecule has 3 heteroatoms. The third-order valence-corrected chi connectivity index (χ3v) is 2.61. The van der Waals surface area contributed by atoms with E-state index in [1.807, 2.05) is 12.3 Å². The lowest BCUT2D eigenvalue weighted by molar-refractivity contribution is 0.454. The lowest BCUT2D eigenvalue weighted by Gasteiger charge is -2.14. The van der Waals surface area contributed by atoms with Gasteiger partial charge < -0.3 is 0 Å². The van der Waals surface area contributed by atoms with E-state index in [1.165, 1.54) is 5.56 Å². The van der Waals surface area contributed by atoms with E-state index in [4.69, 9.17) is 12.3 Å². The highest BCUT2D eigenvalue weighted by Crippen LogP contribution is 2.08. The van der Waals surface area contributed by atoms with Crippen LogP contribution in [0.25, 0.3) is 0 Å². The zero-order valence-electron chi connectivity index (χ0n) is 9.52. The third-order valence-electron chi connectivity index (χ3n) is 2.61. The molecule has 0 fully saturated rings. The average Bonchev–Trinajstić information content (AvgIpc) is 2.35. The third kappa shape index (κ3) is 4.92. The minimum atomic E-state index is 0.341. The van der Waals surface area contributed by atoms with Gasteiger partial charge in [-0.3, -0.25) is 16.3 Å². The topological polar surface area (TPSA) is 50.9 Å². The zero-order valence-corrected chi connectivity index (χ0v) is 9.52. The molecule has 0 saturated carbocycles. The van der Waals surface area contributed by atoms with Gasteiger partial charge in [0.15, 0.2) is 0 Å². The predicted octanol–water partition coefficient (Wildman–Crippen LogP) is 1.65. The lowest BCUT2D eigenvalue weighted by Crippen LogP contribution is -2.35. The number of nitrogens with two attached hydrogens (primary N) is 1. The SMILES string of the molecule is C#CCCCC(CCc1cccnc1)NN. The molecule has 0 bridgehead atoms. The molecule has 1 atom stereocenters. The summed E-state index contributed by atoms with van der Waals surface area (Å²) in [5, 5.41) is 0. The molecular weight excluding hydrogens is 198 g/mol. The maximum Gasteiger partial charge on any atom is 0.0299 e. The monoisotopic (exact) mass is 217 g/mol. The highest BCUT2D eigenvalue weighted by Gasteiger charge is 2.06. The number of hydrogen-bond acceptors (Lipinski definition) is 3. The molecule has 3 N–H and O–H groups in total. The number of terminal acetylenes is 1. The number of aryl methyl sites for hydroxylation is 1. The molecule has 0 aliphatic heterocycles. The molecule has 86 valence electrons. The van der Waals surface area contributed by atoms with Gasteiger partial charge in [-0.2, -0.15) is 0 Å². The first kappa shape index (κ1) is 12.7. The van der Waals surface area contributed by atoms with Crippen molar-refractivity contribution in [1.29, 1.82) is 0 Å². The molecule has 0 aromatic carbocycles. The highest BCUT2D eigenvalue weighted by molar-refractivity contribution is 5.08. The number of unbranched alkanes of at least 4 members (excludes halogenated alkanes) is 1. The number of pyridine rings is 1. The van der Waals surface area contributed by atoms with E-state index in [1.54, 1.807) is 6.20 Å². The van der Waals surface area contributed by atoms with Gasteiger partial charge in [-0.25, -0.2) is 0 Å². The molecule has 1 aromatic heterocycles. The van der Waals surface area contributed by atoms with E-state index in [2.05, 4.69) is 22.4 Å². The van der Waals surface area contributed by atoms with Gasteiger partial charge in [0.05, 0.1) is 0 Å². The first-order valence-corrected chi connectivity index (χ1v) is 5.65. The molecule has 1 heterocycles. The van der Waals surface area contributed by atoms with Crippen LogP contribution in [0.3, 0.4) is 0 Å². The summed E-state index contributed by atoms with van der Waals surface area (Å²) in [6.07, 6.45) is 13.8. The van der Waals surface area contributed by atoms with Crippen molar-refractivity contribution in [3.05, 3.63) is 30.1 Å². The molecule has 1 aromatic rings. The summed E-state index contributed by atoms with van der Waals surface area (Å²) in [6.45, 7) is 0. The Morgan fingerprint density at radius 3 is 3.00 bits per heavy atom. The summed E-state index contributed by atoms with van der Waals surface area (Å²) in [5.74, 6) is 8.14. The Balaban J connectivity index is 2.26. The molecular formula is C13H19N3. The minimum absolute atomic E-state index is 0.341. The number of rotatable bonds is 7. The van der Waals surface area contributed by atoms with Gasteiger partial charge in [-0.05, 0) is 37.3 Å². The smallest absolute Gasteiger partial charge is 0.0299 e. The van der Waals surface area contributed by atoms with Crippen molar-refractivity contribution in [3.63, 3.8) is 0 Å². The van der Waals surface area contributed by atoms with Gasteiger partial charge in [0.1, 0.15) is 0 Å². The van der Waals surface area contributed by atoms with Crippen molar-refractivity contribution in [3.8, 4) is 12.3 Å². The fourth-order valence-corrected chi connectivity index (χ4v) is 1.65. The summed E-state index contributed by atoms with van der Waals surface area (Å²) < 4.78 is 0. The average molecular weight is 217 g/mol. The van der Waals surface area contributed by atoms with E-state index in [9.17, 15) is 0 Å². The van der Waals surface area contributed by atoms with E-state index in [-0.39, 0.29) is 0 Å². The summed E-state index contributed by atoms with van der Waals surface area (Å²) in [5.41, 5.74) is 4.09. The molecule has 0 aliphatic carbocycles. The minimum Gasteiger partial charge on any atom is -0.271 e. The van der Waals surface area contributed by atoms with Crippen LogP contribution in [0, 0.1) is 12.3 Å². The normalized spacial score (nSPS) is 12.0. The van der Waals surface area contributed by atoms with Gasteiger partial charge in [0.25, 0.3) is 0 Å². The molecule has 0 saturated heterocycles. The largest absolute Gasteiger partial charge is 0.271 e. The van der Waals surface area contributed by atoms with E-state index in [0.717, 1.165) is 32.1 Å². The summed E-state index contributed by atoms with van der Waals surface area (Å²) in [7, 11) is 0. The van der Waals surface area contributed by atoms with Crippen LogP contribution in [0.15, 0.2) is 24.5 Å². The Bertz CT molecular complexity index is 316. The fourth-order valence-electron chi connectivity index (χ4n) is 1.65. The van der Waals surface area contributed by atoms with Crippen LogP contribution < -0.4 is 11.3 Å². The first-order chi connectivity index (χ1) is 7.86. The van der Waals surface area contributed by atoms with Gasteiger partial charge in [-0.1, -0.05) is 6.07 Å². The Kier molecular flexibility index (Phi) is 6.24. The predicted molar refractivity (Wildman–Crippen MR) is 66.4 cm³/mol. The standard InChI is InChI=1S/C13H19N3/c1-2-3-4-7-13(16-14)9-8-12-6-5-10-15-11-12/h1,5-6,10-11,13,16H,3-4,7-9,14H2. The molecule has 16 heavy (non-hydrogen) atoms. The van der Waals surface area contributed by atoms with Crippen molar-refractivity contribution in [1.82, 2.24) is 10.4 Å². The van der Waals surface area contributed by atoms with Crippen molar-refractivity contribution < 1.29 is 0 Å². The molecule has 1 unspecified atom stereocenters. The number of aromatic nitrogens is 1. The van der Waals surface area contributed by atoms with Crippen LogP contribution in [0.5, 0.6) is 0 Å². The van der Waals surface area contributed by atoms with Crippen LogP contribution in [-0.2, 0) is 6.42 Å². The van der Waals surface area contributed by atoms with Gasteiger partial charge in [0.2, 0.25) is 0 Å². The van der Waals surface area contributed by atoms with Crippen LogP contribution in [0.1, 0.15) is 31.2 Å². The summed E-state index contributed by atoms with van der Waals surface area (Å²) in [4.78, 5) is 4.09. The number of nitrogens with one attached hydrogen (secondary N) is 1. The summed E-state index contributed by atoms with van der Waals surface area (Å²) in [6, 6.07) is 4.38. The maximum absolute atomic E-state index is 5.50. The second-order valence-corrected chi connectivity index (χ2v) is 3.86. The molecule has 3 nitrogen and oxygen atoms in total. The second kappa shape index (κ2) is 7.86. The van der Waals surface area contributed by atoms with Gasteiger partial charge >= 0.3 is 0 Å². The van der Waals surface area contributed by atoms with E-state index < -0.39 is 0 Å². The zero-order chi connectivity index (χ0) is 11.6. The van der Waals surface area contributed by atoms with Crippen LogP contribution in [-0.4, -0.2) is 11.0 Å². The van der Waals surface area contributed by atoms with Crippen LogP contribution in [0.4, 0.5) is 0 Å². The number of hydrogen-bond donors (Lipinski definition) is 2. The van der Waals surface area contributed by atoms with E-state index >= 15 is 0 Å². The van der Waals surface area contributed by atoms with E-state index in [0.29, 0.717) is 6.04 Å². The van der Waals surface area contributed by atoms with Crippen molar-refractivity contribution in [2.24, 2.45) is 5.84 Å². The Hall–Kier alpha value is -1.37. The lowest BCUT2D eigenvalue weighted by atomic mass is 10.0. The second-order valence-electron chi connectivity index (χ2n) is 3.86. The van der Waals surface area contributed by atoms with Crippen molar-refractivity contribution in [2.75, 3.05) is 0 Å². The highest BCUT2D eigenvalue weighted by atomic mass is 15.2. The fraction of sp³-hybridized carbons (Fsp3) is 0.462.